The van der Waals surface area contributed by atoms with E-state index < -0.39 is 35.0 Å². The standard InChI is InChI=1S/C14H12O6/c15-11-7-8(12(16)18-11)14-4-17-3-13-2-1-5(19-13)6(10(13)14)9(7)20-14/h1-2,5-10H,3-4H2/t5-,6+,7+,8+,9-,10-,13-,14-/m1/s1. The van der Waals surface area contributed by atoms with E-state index in [0.717, 1.165) is 0 Å². The molecule has 20 heavy (non-hydrogen) atoms. The van der Waals surface area contributed by atoms with Crippen LogP contribution in [-0.2, 0) is 28.5 Å². The quantitative estimate of drug-likeness (QED) is 0.335. The lowest BCUT2D eigenvalue weighted by Gasteiger charge is -2.47. The van der Waals surface area contributed by atoms with Crippen molar-refractivity contribution in [1.29, 1.82) is 0 Å². The summed E-state index contributed by atoms with van der Waals surface area (Å²) in [5.41, 5.74) is -1.21. The Morgan fingerprint density at radius 3 is 2.95 bits per heavy atom. The molecule has 6 rings (SSSR count). The van der Waals surface area contributed by atoms with Gasteiger partial charge in [0.2, 0.25) is 0 Å². The number of hydrogen-bond donors (Lipinski definition) is 0. The van der Waals surface area contributed by atoms with Gasteiger partial charge in [-0.15, -0.1) is 0 Å². The first kappa shape index (κ1) is 10.5. The first-order chi connectivity index (χ1) is 9.66. The van der Waals surface area contributed by atoms with E-state index >= 15 is 0 Å². The Bertz CT molecular complexity index is 613. The van der Waals surface area contributed by atoms with Crippen LogP contribution in [0.1, 0.15) is 0 Å². The van der Waals surface area contributed by atoms with Gasteiger partial charge < -0.3 is 18.9 Å². The van der Waals surface area contributed by atoms with Crippen molar-refractivity contribution in [3.63, 3.8) is 0 Å². The van der Waals surface area contributed by atoms with E-state index in [1.54, 1.807) is 0 Å². The Balaban J connectivity index is 1.61. The normalized spacial score (nSPS) is 63.8. The van der Waals surface area contributed by atoms with Gasteiger partial charge in [-0.05, 0) is 0 Å². The molecule has 6 heterocycles. The molecule has 4 bridgehead atoms. The number of fused-ring (bicyclic) bond motifs is 6. The van der Waals surface area contributed by atoms with Gasteiger partial charge in [-0.25, -0.2) is 0 Å². The number of rotatable bonds is 0. The Kier molecular flexibility index (Phi) is 1.43. The molecule has 0 aliphatic carbocycles. The molecule has 6 aliphatic heterocycles. The summed E-state index contributed by atoms with van der Waals surface area (Å²) in [5.74, 6) is -1.64. The third-order valence-electron chi connectivity index (χ3n) is 6.10. The van der Waals surface area contributed by atoms with Crippen LogP contribution in [-0.4, -0.2) is 48.6 Å². The molecule has 0 aromatic heterocycles. The average molecular weight is 276 g/mol. The fourth-order valence-electron chi connectivity index (χ4n) is 5.69. The molecule has 0 unspecified atom stereocenters. The van der Waals surface area contributed by atoms with Gasteiger partial charge in [-0.3, -0.25) is 9.59 Å². The Labute approximate surface area is 114 Å². The van der Waals surface area contributed by atoms with Gasteiger partial charge in [0, 0.05) is 11.8 Å². The summed E-state index contributed by atoms with van der Waals surface area (Å²) in [6, 6.07) is 0. The van der Waals surface area contributed by atoms with Crippen LogP contribution >= 0.6 is 0 Å². The van der Waals surface area contributed by atoms with E-state index in [9.17, 15) is 9.59 Å². The summed E-state index contributed by atoms with van der Waals surface area (Å²) in [6.07, 6.45) is 3.80. The lowest BCUT2D eigenvalue weighted by Crippen LogP contribution is -2.63. The molecule has 6 heteroatoms. The second-order valence-electron chi connectivity index (χ2n) is 6.73. The van der Waals surface area contributed by atoms with Crippen molar-refractivity contribution in [2.24, 2.45) is 23.7 Å². The minimum atomic E-state index is -0.735. The predicted octanol–water partition coefficient (Wildman–Crippen LogP) is -0.577. The van der Waals surface area contributed by atoms with Crippen LogP contribution in [0.25, 0.3) is 0 Å². The van der Waals surface area contributed by atoms with Gasteiger partial charge in [-0.2, -0.15) is 0 Å². The van der Waals surface area contributed by atoms with E-state index in [1.807, 2.05) is 6.08 Å². The second kappa shape index (κ2) is 2.73. The summed E-state index contributed by atoms with van der Waals surface area (Å²) in [4.78, 5) is 24.1. The molecule has 104 valence electrons. The van der Waals surface area contributed by atoms with Crippen molar-refractivity contribution in [2.75, 3.05) is 13.2 Å². The number of ether oxygens (including phenoxy) is 4. The van der Waals surface area contributed by atoms with E-state index in [1.165, 1.54) is 0 Å². The highest BCUT2D eigenvalue weighted by Gasteiger charge is 2.83. The first-order valence-electron chi connectivity index (χ1n) is 7.05. The molecule has 0 saturated carbocycles. The zero-order valence-electron chi connectivity index (χ0n) is 10.5. The highest BCUT2D eigenvalue weighted by molar-refractivity contribution is 5.98. The summed E-state index contributed by atoms with van der Waals surface area (Å²) in [6.45, 7) is 0.846. The largest absolute Gasteiger partial charge is 0.393 e. The van der Waals surface area contributed by atoms with Crippen LogP contribution in [0, 0.1) is 23.7 Å². The monoisotopic (exact) mass is 276 g/mol. The summed E-state index contributed by atoms with van der Waals surface area (Å²) in [5, 5.41) is 0. The first-order valence-corrected chi connectivity index (χ1v) is 7.05. The smallest absolute Gasteiger partial charge is 0.320 e. The van der Waals surface area contributed by atoms with Crippen molar-refractivity contribution in [3.05, 3.63) is 12.2 Å². The number of carbonyl (C=O) groups is 2. The zero-order chi connectivity index (χ0) is 13.3. The van der Waals surface area contributed by atoms with Crippen LogP contribution in [0.5, 0.6) is 0 Å². The fraction of sp³-hybridized carbons (Fsp3) is 0.714. The SMILES string of the molecule is O=C1OC(=O)[C@@H]2[C@H]1[C@@H]1O[C@]23COC[C@@]24C=C[C@@H](O2)[C@@H]1[C@@H]34. The van der Waals surface area contributed by atoms with E-state index in [4.69, 9.17) is 18.9 Å². The molecule has 8 atom stereocenters. The maximum absolute atomic E-state index is 12.1. The molecule has 0 aromatic carbocycles. The fourth-order valence-corrected chi connectivity index (χ4v) is 5.69. The third kappa shape index (κ3) is 0.786. The molecule has 0 amide bonds. The highest BCUT2D eigenvalue weighted by Crippen LogP contribution is 2.69. The maximum Gasteiger partial charge on any atom is 0.320 e. The number of hydrogen-bond acceptors (Lipinski definition) is 6. The van der Waals surface area contributed by atoms with Crippen molar-refractivity contribution in [3.8, 4) is 0 Å². The maximum atomic E-state index is 12.1. The minimum Gasteiger partial charge on any atom is -0.393 e. The molecular weight excluding hydrogens is 264 g/mol. The topological polar surface area (TPSA) is 71.1 Å². The van der Waals surface area contributed by atoms with Gasteiger partial charge in [0.1, 0.15) is 23.0 Å². The van der Waals surface area contributed by atoms with Crippen LogP contribution in [0.4, 0.5) is 0 Å². The number of cyclic esters (lactones) is 2. The van der Waals surface area contributed by atoms with Gasteiger partial charge in [0.05, 0.1) is 25.4 Å². The van der Waals surface area contributed by atoms with Crippen molar-refractivity contribution < 1.29 is 28.5 Å². The molecule has 2 spiro atoms. The van der Waals surface area contributed by atoms with Gasteiger partial charge in [0.15, 0.2) is 0 Å². The summed E-state index contributed by atoms with van der Waals surface area (Å²) < 4.78 is 22.9. The molecular formula is C14H12O6. The lowest BCUT2D eigenvalue weighted by atomic mass is 9.56. The second-order valence-corrected chi connectivity index (χ2v) is 6.73. The van der Waals surface area contributed by atoms with Gasteiger partial charge in [0.25, 0.3) is 0 Å². The molecule has 0 aromatic rings. The molecule has 5 fully saturated rings. The summed E-state index contributed by atoms with van der Waals surface area (Å²) >= 11 is 0. The van der Waals surface area contributed by atoms with Crippen molar-refractivity contribution in [2.45, 2.75) is 23.4 Å². The predicted molar refractivity (Wildman–Crippen MR) is 60.2 cm³/mol. The van der Waals surface area contributed by atoms with Crippen molar-refractivity contribution in [1.82, 2.24) is 0 Å². The molecule has 0 radical (unpaired) electrons. The zero-order valence-corrected chi connectivity index (χ0v) is 10.5. The molecule has 6 nitrogen and oxygen atoms in total. The Morgan fingerprint density at radius 2 is 2.05 bits per heavy atom. The summed E-state index contributed by atoms with van der Waals surface area (Å²) in [7, 11) is 0. The lowest BCUT2D eigenvalue weighted by molar-refractivity contribution is -0.199. The molecule has 6 aliphatic rings. The molecule has 5 saturated heterocycles. The third-order valence-corrected chi connectivity index (χ3v) is 6.10. The van der Waals surface area contributed by atoms with E-state index in [2.05, 4.69) is 6.08 Å². The van der Waals surface area contributed by atoms with E-state index in [0.29, 0.717) is 13.2 Å². The average Bonchev–Trinajstić information content (AvgIpc) is 3.14. The minimum absolute atomic E-state index is 0.0296. The Morgan fingerprint density at radius 1 is 1.15 bits per heavy atom. The molecule has 0 N–H and O–H groups in total. The highest BCUT2D eigenvalue weighted by atomic mass is 16.6. The van der Waals surface area contributed by atoms with Crippen LogP contribution < -0.4 is 0 Å². The van der Waals surface area contributed by atoms with Crippen LogP contribution in [0.3, 0.4) is 0 Å². The van der Waals surface area contributed by atoms with Crippen LogP contribution in [0.2, 0.25) is 0 Å². The van der Waals surface area contributed by atoms with Crippen molar-refractivity contribution >= 4 is 11.9 Å². The van der Waals surface area contributed by atoms with Gasteiger partial charge in [-0.1, -0.05) is 12.2 Å². The number of carbonyl (C=O) groups excluding carboxylic acids is 2. The Hall–Kier alpha value is -1.24. The van der Waals surface area contributed by atoms with Crippen LogP contribution in [0.15, 0.2) is 12.2 Å². The van der Waals surface area contributed by atoms with Gasteiger partial charge >= 0.3 is 11.9 Å². The number of esters is 2. The van der Waals surface area contributed by atoms with E-state index in [-0.39, 0.29) is 24.0 Å².